The Bertz CT molecular complexity index is 1260. The van der Waals surface area contributed by atoms with E-state index in [1.807, 2.05) is 24.5 Å². The fraction of sp³-hybridized carbons (Fsp3) is 0.611. The van der Waals surface area contributed by atoms with Crippen molar-refractivity contribution in [2.45, 2.75) is 117 Å². The molecule has 3 aliphatic rings. The van der Waals surface area contributed by atoms with Crippen LogP contribution in [0.4, 0.5) is 8.78 Å². The second-order valence-electron chi connectivity index (χ2n) is 12.9. The molecule has 1 aromatic heterocycles. The smallest absolute Gasteiger partial charge is 0.387 e. The van der Waals surface area contributed by atoms with E-state index in [9.17, 15) is 8.78 Å². The predicted molar refractivity (Wildman–Crippen MR) is 163 cm³/mol. The zero-order valence-corrected chi connectivity index (χ0v) is 25.3. The fourth-order valence-corrected chi connectivity index (χ4v) is 7.29. The van der Waals surface area contributed by atoms with Gasteiger partial charge in [0.05, 0.1) is 0 Å². The van der Waals surface area contributed by atoms with Crippen LogP contribution in [0.15, 0.2) is 30.6 Å². The Balaban J connectivity index is 1.58. The highest BCUT2D eigenvalue weighted by Gasteiger charge is 2.36. The lowest BCUT2D eigenvalue weighted by atomic mass is 9.71. The van der Waals surface area contributed by atoms with E-state index in [2.05, 4.69) is 39.5 Å². The maximum atomic E-state index is 13.2. The van der Waals surface area contributed by atoms with Crippen molar-refractivity contribution in [2.24, 2.45) is 23.7 Å². The first-order chi connectivity index (χ1) is 19.9. The molecule has 2 aromatic rings. The minimum Gasteiger partial charge on any atom is -0.435 e. The van der Waals surface area contributed by atoms with E-state index in [1.54, 1.807) is 6.07 Å². The summed E-state index contributed by atoms with van der Waals surface area (Å²) in [4.78, 5) is 9.97. The molecular weight excluding hydrogens is 514 g/mol. The minimum absolute atomic E-state index is 0.179. The summed E-state index contributed by atoms with van der Waals surface area (Å²) >= 11 is 0. The molecule has 4 unspecified atom stereocenters. The number of allylic oxidation sites excluding steroid dienone is 2. The van der Waals surface area contributed by atoms with E-state index in [1.165, 1.54) is 56.9 Å². The monoisotopic (exact) mass is 560 g/mol. The Hall–Kier alpha value is -2.74. The molecule has 0 aliphatic heterocycles. The number of hydrogen-bond acceptors (Lipinski definition) is 3. The van der Waals surface area contributed by atoms with Gasteiger partial charge in [0.2, 0.25) is 0 Å². The second-order valence-corrected chi connectivity index (χ2v) is 12.9. The molecule has 0 N–H and O–H groups in total. The molecule has 1 heterocycles. The van der Waals surface area contributed by atoms with Crippen LogP contribution in [0.1, 0.15) is 133 Å². The van der Waals surface area contributed by atoms with Crippen molar-refractivity contribution in [2.75, 3.05) is 0 Å². The number of benzene rings is 1. The van der Waals surface area contributed by atoms with Crippen LogP contribution in [-0.4, -0.2) is 16.6 Å². The van der Waals surface area contributed by atoms with Crippen LogP contribution in [0.5, 0.6) is 5.75 Å². The number of nitrogens with zero attached hydrogens (tertiary/aromatic N) is 2. The van der Waals surface area contributed by atoms with Gasteiger partial charge >= 0.3 is 6.61 Å². The maximum absolute atomic E-state index is 13.2. The molecule has 2 saturated carbocycles. The molecule has 0 radical (unpaired) electrons. The Kier molecular flexibility index (Phi) is 9.79. The third-order valence-corrected chi connectivity index (χ3v) is 9.90. The predicted octanol–water partition coefficient (Wildman–Crippen LogP) is 10.0. The topological polar surface area (TPSA) is 35.0 Å². The van der Waals surface area contributed by atoms with Gasteiger partial charge < -0.3 is 4.74 Å². The summed E-state index contributed by atoms with van der Waals surface area (Å²) in [5.74, 6) is 11.0. The number of hydrogen-bond donors (Lipinski definition) is 0. The molecule has 5 heteroatoms. The second kappa shape index (κ2) is 13.5. The highest BCUT2D eigenvalue weighted by Crippen LogP contribution is 2.49. The van der Waals surface area contributed by atoms with E-state index in [0.29, 0.717) is 17.8 Å². The van der Waals surface area contributed by atoms with Crippen LogP contribution in [0.2, 0.25) is 0 Å². The third-order valence-electron chi connectivity index (χ3n) is 9.90. The highest BCUT2D eigenvalue weighted by molar-refractivity contribution is 5.98. The van der Waals surface area contributed by atoms with Gasteiger partial charge in [-0.1, -0.05) is 71.6 Å². The Morgan fingerprint density at radius 3 is 2.41 bits per heavy atom. The van der Waals surface area contributed by atoms with Crippen LogP contribution in [0.25, 0.3) is 11.1 Å². The Labute approximate surface area is 245 Å². The van der Waals surface area contributed by atoms with Gasteiger partial charge in [0.1, 0.15) is 5.75 Å². The number of alkyl halides is 2. The molecule has 1 aromatic carbocycles. The van der Waals surface area contributed by atoms with Crippen LogP contribution in [0, 0.1) is 35.5 Å². The van der Waals surface area contributed by atoms with Crippen LogP contribution >= 0.6 is 0 Å². The number of fused-ring (bicyclic) bond motifs is 1. The fourth-order valence-electron chi connectivity index (χ4n) is 7.29. The van der Waals surface area contributed by atoms with E-state index in [4.69, 9.17) is 14.7 Å². The van der Waals surface area contributed by atoms with Crippen molar-refractivity contribution in [3.8, 4) is 17.6 Å². The molecule has 0 spiro atoms. The van der Waals surface area contributed by atoms with Gasteiger partial charge in [0.25, 0.3) is 0 Å². The van der Waals surface area contributed by atoms with Gasteiger partial charge in [-0.15, -0.1) is 0 Å². The van der Waals surface area contributed by atoms with Crippen LogP contribution in [0.3, 0.4) is 0 Å². The zero-order valence-electron chi connectivity index (χ0n) is 25.3. The lowest BCUT2D eigenvalue weighted by Gasteiger charge is -2.34. The average Bonchev–Trinajstić information content (AvgIpc) is 3.83. The summed E-state index contributed by atoms with van der Waals surface area (Å²) in [5, 5.41) is 0. The summed E-state index contributed by atoms with van der Waals surface area (Å²) in [7, 11) is 0. The molecule has 3 aliphatic carbocycles. The van der Waals surface area contributed by atoms with Crippen molar-refractivity contribution < 1.29 is 13.5 Å². The molecule has 4 atom stereocenters. The molecule has 2 fully saturated rings. The number of halogens is 2. The van der Waals surface area contributed by atoms with Gasteiger partial charge in [-0.25, -0.2) is 9.97 Å². The first-order valence-corrected chi connectivity index (χ1v) is 16.0. The molecular formula is C36H46F2N2O. The van der Waals surface area contributed by atoms with E-state index >= 15 is 0 Å². The van der Waals surface area contributed by atoms with Crippen LogP contribution < -0.4 is 4.74 Å². The van der Waals surface area contributed by atoms with Crippen molar-refractivity contribution in [3.63, 3.8) is 0 Å². The molecule has 3 nitrogen and oxygen atoms in total. The van der Waals surface area contributed by atoms with Crippen molar-refractivity contribution in [3.05, 3.63) is 53.1 Å². The number of unbranched alkanes of at least 4 members (excludes halogenated alkanes) is 1. The van der Waals surface area contributed by atoms with Gasteiger partial charge in [-0.2, -0.15) is 8.78 Å². The van der Waals surface area contributed by atoms with Crippen molar-refractivity contribution in [1.82, 2.24) is 9.97 Å². The molecule has 5 rings (SSSR count). The van der Waals surface area contributed by atoms with Gasteiger partial charge in [-0.05, 0) is 103 Å². The summed E-state index contributed by atoms with van der Waals surface area (Å²) in [5.41, 5.74) is 5.30. The molecule has 0 amide bonds. The van der Waals surface area contributed by atoms with Gasteiger partial charge in [0.15, 0.2) is 5.82 Å². The first-order valence-electron chi connectivity index (χ1n) is 16.0. The summed E-state index contributed by atoms with van der Waals surface area (Å²) in [6, 6.07) is 5.42. The molecule has 220 valence electrons. The lowest BCUT2D eigenvalue weighted by Crippen LogP contribution is -2.23. The maximum Gasteiger partial charge on any atom is 0.387 e. The average molecular weight is 561 g/mol. The number of ether oxygens (including phenoxy) is 1. The van der Waals surface area contributed by atoms with Gasteiger partial charge in [-0.3, -0.25) is 0 Å². The third kappa shape index (κ3) is 7.19. The Morgan fingerprint density at radius 2 is 1.76 bits per heavy atom. The van der Waals surface area contributed by atoms with Crippen LogP contribution in [-0.2, 0) is 0 Å². The van der Waals surface area contributed by atoms with E-state index in [-0.39, 0.29) is 11.7 Å². The van der Waals surface area contributed by atoms with Crippen molar-refractivity contribution >= 4 is 11.1 Å². The van der Waals surface area contributed by atoms with Gasteiger partial charge in [0, 0.05) is 30.0 Å². The quantitative estimate of drug-likeness (QED) is 0.286. The minimum atomic E-state index is -2.85. The molecule has 0 bridgehead atoms. The normalized spacial score (nSPS) is 22.9. The Morgan fingerprint density at radius 1 is 1.02 bits per heavy atom. The SMILES string of the molecule is CCCC#CC1=C(c2ncc(C(C)CC(C)C3CC3)cn2)CC(C2CCCCC2)C(C)c2cc(OC(F)F)ccc21. The largest absolute Gasteiger partial charge is 0.435 e. The summed E-state index contributed by atoms with van der Waals surface area (Å²) < 4.78 is 31.3. The first kappa shape index (κ1) is 29.7. The highest BCUT2D eigenvalue weighted by atomic mass is 19.3. The summed E-state index contributed by atoms with van der Waals surface area (Å²) in [6.45, 7) is 6.21. The molecule has 0 saturated heterocycles. The van der Waals surface area contributed by atoms with Crippen molar-refractivity contribution in [1.29, 1.82) is 0 Å². The number of aromatic nitrogens is 2. The summed E-state index contributed by atoms with van der Waals surface area (Å²) in [6.07, 6.45) is 16.8. The zero-order chi connectivity index (χ0) is 28.9. The molecule has 41 heavy (non-hydrogen) atoms. The van der Waals surface area contributed by atoms with E-state index in [0.717, 1.165) is 59.2 Å². The number of rotatable bonds is 9. The lowest BCUT2D eigenvalue weighted by molar-refractivity contribution is -0.0499. The van der Waals surface area contributed by atoms with E-state index < -0.39 is 6.61 Å². The standard InChI is InChI=1S/C36H46F2N2O/c1-5-6-8-13-30-31-17-16-29(41-36(37)38)19-33(31)25(4)32(27-11-9-7-10-12-27)20-34(30)35-39-21-28(22-40-35)24(3)18-23(2)26-14-15-26/h16-17,19,21-27,32,36H,5-7,9-12,14-15,18,20H2,1-4H3.